The van der Waals surface area contributed by atoms with Gasteiger partial charge in [-0.2, -0.15) is 0 Å². The second-order valence-corrected chi connectivity index (χ2v) is 8.76. The fourth-order valence-electron chi connectivity index (χ4n) is 2.77. The number of hydrogen-bond acceptors (Lipinski definition) is 4. The van der Waals surface area contributed by atoms with Crippen LogP contribution < -0.4 is 29.6 Å². The van der Waals surface area contributed by atoms with Crippen LogP contribution in [0.2, 0.25) is 0 Å². The summed E-state index contributed by atoms with van der Waals surface area (Å²) in [5.74, 6) is 0. The minimum absolute atomic E-state index is 0. The fourth-order valence-corrected chi connectivity index (χ4v) is 3.17. The Kier molecular flexibility index (Phi) is 18.1. The third-order valence-corrected chi connectivity index (χ3v) is 5.81. The van der Waals surface area contributed by atoms with Crippen LogP contribution in [0.3, 0.4) is 0 Å². The first-order chi connectivity index (χ1) is 10.8. The zero-order valence-electron chi connectivity index (χ0n) is 16.2. The third-order valence-electron chi connectivity index (χ3n) is 4.53. The van der Waals surface area contributed by atoms with E-state index >= 15 is 0 Å². The summed E-state index contributed by atoms with van der Waals surface area (Å²) in [7, 11) is -4.61. The molecule has 24 heavy (non-hydrogen) atoms. The number of aliphatic hydroxyl groups is 1. The van der Waals surface area contributed by atoms with Gasteiger partial charge in [-0.25, -0.2) is 8.42 Å². The molecule has 0 saturated heterocycles. The van der Waals surface area contributed by atoms with Crippen molar-refractivity contribution in [1.29, 1.82) is 0 Å². The molecule has 1 unspecified atom stereocenters. The zero-order valence-corrected chi connectivity index (χ0v) is 19.0. The van der Waals surface area contributed by atoms with Gasteiger partial charge in [0.15, 0.2) is 4.93 Å². The van der Waals surface area contributed by atoms with Crippen molar-refractivity contribution in [3.63, 3.8) is 0 Å². The second-order valence-electron chi connectivity index (χ2n) is 6.98. The van der Waals surface area contributed by atoms with Gasteiger partial charge in [0.1, 0.15) is 10.1 Å². The summed E-state index contributed by atoms with van der Waals surface area (Å²) in [6, 6.07) is 0. The maximum atomic E-state index is 10.8. The van der Waals surface area contributed by atoms with Crippen molar-refractivity contribution in [2.24, 2.45) is 0 Å². The first-order valence-corrected chi connectivity index (χ1v) is 10.9. The van der Waals surface area contributed by atoms with Gasteiger partial charge in [0.05, 0.1) is 0 Å². The predicted molar refractivity (Wildman–Crippen MR) is 95.3 cm³/mol. The fraction of sp³-hybridized carbons (Fsp3) is 1.00. The molecule has 0 radical (unpaired) electrons. The zero-order chi connectivity index (χ0) is 17.6. The van der Waals surface area contributed by atoms with E-state index in [1.807, 2.05) is 0 Å². The molecule has 140 valence electrons. The maximum Gasteiger partial charge on any atom is 1.00 e. The van der Waals surface area contributed by atoms with Crippen LogP contribution in [0.25, 0.3) is 0 Å². The molecule has 0 rings (SSSR count). The quantitative estimate of drug-likeness (QED) is 0.256. The van der Waals surface area contributed by atoms with Gasteiger partial charge >= 0.3 is 29.6 Å². The largest absolute Gasteiger partial charge is 1.00 e. The second kappa shape index (κ2) is 16.1. The minimum atomic E-state index is -4.61. The van der Waals surface area contributed by atoms with Crippen LogP contribution in [0.1, 0.15) is 110 Å². The molecule has 0 heterocycles. The molecule has 0 aromatic carbocycles. The number of hydrogen-bond donors (Lipinski definition) is 1. The van der Waals surface area contributed by atoms with E-state index in [-0.39, 0.29) is 36.0 Å². The Bertz CT molecular complexity index is 369. The van der Waals surface area contributed by atoms with Crippen LogP contribution in [-0.4, -0.2) is 23.0 Å². The summed E-state index contributed by atoms with van der Waals surface area (Å²) in [5.41, 5.74) is 0. The molecule has 0 spiro atoms. The maximum absolute atomic E-state index is 10.8. The number of unbranched alkanes of at least 4 members (excludes halogenated alkanes) is 13. The SMILES string of the molecule is CCCCCCCCCCCCCCCCC(C)(O)S(=O)(=O)[O-].[Na+]. The summed E-state index contributed by atoms with van der Waals surface area (Å²) in [5, 5.41) is 9.54. The van der Waals surface area contributed by atoms with Crippen molar-refractivity contribution in [3.05, 3.63) is 0 Å². The Morgan fingerprint density at radius 2 is 1.04 bits per heavy atom. The Morgan fingerprint density at radius 3 is 1.33 bits per heavy atom. The third kappa shape index (κ3) is 15.2. The van der Waals surface area contributed by atoms with Gasteiger partial charge in [0.25, 0.3) is 0 Å². The van der Waals surface area contributed by atoms with Crippen molar-refractivity contribution in [3.8, 4) is 0 Å². The van der Waals surface area contributed by atoms with Gasteiger partial charge < -0.3 is 9.66 Å². The molecule has 0 aliphatic heterocycles. The van der Waals surface area contributed by atoms with Crippen LogP contribution in [0.4, 0.5) is 0 Å². The van der Waals surface area contributed by atoms with Crippen molar-refractivity contribution in [1.82, 2.24) is 0 Å². The average Bonchev–Trinajstić information content (AvgIpc) is 2.46. The van der Waals surface area contributed by atoms with Gasteiger partial charge in [-0.05, 0) is 19.8 Å². The van der Waals surface area contributed by atoms with Crippen molar-refractivity contribution < 1.29 is 47.6 Å². The summed E-state index contributed by atoms with van der Waals surface area (Å²) in [4.78, 5) is -2.11. The Hall–Kier alpha value is 0.870. The first-order valence-electron chi connectivity index (χ1n) is 9.49. The molecule has 6 heteroatoms. The molecule has 0 aromatic heterocycles. The van der Waals surface area contributed by atoms with Crippen LogP contribution in [0.5, 0.6) is 0 Å². The molecule has 0 aliphatic carbocycles. The van der Waals surface area contributed by atoms with Gasteiger partial charge in [-0.1, -0.05) is 90.4 Å². The van der Waals surface area contributed by atoms with E-state index < -0.39 is 15.1 Å². The summed E-state index contributed by atoms with van der Waals surface area (Å²) >= 11 is 0. The van der Waals surface area contributed by atoms with E-state index in [1.165, 1.54) is 64.2 Å². The number of rotatable bonds is 16. The summed E-state index contributed by atoms with van der Waals surface area (Å²) in [6.07, 6.45) is 17.1. The standard InChI is InChI=1S/C18H38O4S.Na/c1-3-4-5-6-7-8-9-10-11-12-13-14-15-16-17-18(2,19)23(20,21)22;/h19H,3-17H2,1-2H3,(H,20,21,22);/q;+1/p-1. The Morgan fingerprint density at radius 1 is 0.750 bits per heavy atom. The van der Waals surface area contributed by atoms with E-state index in [0.29, 0.717) is 6.42 Å². The van der Waals surface area contributed by atoms with E-state index in [1.54, 1.807) is 0 Å². The predicted octanol–water partition coefficient (Wildman–Crippen LogP) is 2.12. The summed E-state index contributed by atoms with van der Waals surface area (Å²) < 4.78 is 32.4. The monoisotopic (exact) mass is 372 g/mol. The van der Waals surface area contributed by atoms with E-state index in [9.17, 15) is 18.1 Å². The Labute approximate surface area is 172 Å². The van der Waals surface area contributed by atoms with Crippen LogP contribution in [0, 0.1) is 0 Å². The molecular weight excluding hydrogens is 335 g/mol. The van der Waals surface area contributed by atoms with Crippen LogP contribution in [0.15, 0.2) is 0 Å². The molecule has 0 saturated carbocycles. The average molecular weight is 373 g/mol. The molecule has 0 fully saturated rings. The van der Waals surface area contributed by atoms with Crippen molar-refractivity contribution >= 4 is 10.1 Å². The van der Waals surface area contributed by atoms with Gasteiger partial charge in [-0.3, -0.25) is 0 Å². The Balaban J connectivity index is 0. The first kappa shape index (κ1) is 27.1. The molecule has 0 amide bonds. The van der Waals surface area contributed by atoms with Gasteiger partial charge in [0, 0.05) is 0 Å². The van der Waals surface area contributed by atoms with E-state index in [2.05, 4.69) is 6.92 Å². The van der Waals surface area contributed by atoms with Crippen molar-refractivity contribution in [2.75, 3.05) is 0 Å². The molecule has 1 N–H and O–H groups in total. The van der Waals surface area contributed by atoms with Crippen LogP contribution in [-0.2, 0) is 10.1 Å². The molecular formula is C18H37NaO4S. The molecule has 4 nitrogen and oxygen atoms in total. The minimum Gasteiger partial charge on any atom is -0.746 e. The molecule has 0 aliphatic rings. The molecule has 0 bridgehead atoms. The summed E-state index contributed by atoms with van der Waals surface area (Å²) in [6.45, 7) is 3.34. The van der Waals surface area contributed by atoms with Gasteiger partial charge in [0.2, 0.25) is 0 Å². The van der Waals surface area contributed by atoms with E-state index in [4.69, 9.17) is 0 Å². The van der Waals surface area contributed by atoms with Crippen LogP contribution >= 0.6 is 0 Å². The normalized spacial score (nSPS) is 14.2. The molecule has 0 aromatic rings. The van der Waals surface area contributed by atoms with E-state index in [0.717, 1.165) is 26.2 Å². The smallest absolute Gasteiger partial charge is 0.746 e. The van der Waals surface area contributed by atoms with Crippen molar-refractivity contribution in [2.45, 2.75) is 115 Å². The molecule has 1 atom stereocenters. The topological polar surface area (TPSA) is 77.4 Å². The van der Waals surface area contributed by atoms with Gasteiger partial charge in [-0.15, -0.1) is 0 Å².